The zero-order valence-corrected chi connectivity index (χ0v) is 12.5. The zero-order chi connectivity index (χ0) is 15.9. The van der Waals surface area contributed by atoms with Crippen LogP contribution in [0.3, 0.4) is 0 Å². The lowest BCUT2D eigenvalue weighted by Crippen LogP contribution is -2.19. The number of ether oxygens (including phenoxy) is 1. The van der Waals surface area contributed by atoms with E-state index in [9.17, 15) is 9.59 Å². The zero-order valence-electron chi connectivity index (χ0n) is 11.8. The van der Waals surface area contributed by atoms with Crippen molar-refractivity contribution in [3.63, 3.8) is 0 Å². The number of hydrogen-bond donors (Lipinski definition) is 0. The molecule has 2 aromatic rings. The predicted molar refractivity (Wildman–Crippen MR) is 85.5 cm³/mol. The van der Waals surface area contributed by atoms with Crippen molar-refractivity contribution < 1.29 is 14.3 Å². The Bertz CT molecular complexity index is 684. The van der Waals surface area contributed by atoms with Crippen molar-refractivity contribution in [1.29, 1.82) is 0 Å². The van der Waals surface area contributed by atoms with Crippen LogP contribution in [0.5, 0.6) is 0 Å². The molecule has 0 aliphatic rings. The number of amides is 1. The van der Waals surface area contributed by atoms with Gasteiger partial charge in [-0.2, -0.15) is 10.1 Å². The predicted octanol–water partition coefficient (Wildman–Crippen LogP) is 3.67. The first-order valence-electron chi connectivity index (χ1n) is 6.39. The van der Waals surface area contributed by atoms with Crippen molar-refractivity contribution in [1.82, 2.24) is 0 Å². The van der Waals surface area contributed by atoms with Gasteiger partial charge in [0, 0.05) is 0 Å². The minimum Gasteiger partial charge on any atom is -0.465 e. The highest BCUT2D eigenvalue weighted by molar-refractivity contribution is 6.66. The van der Waals surface area contributed by atoms with E-state index in [0.29, 0.717) is 16.8 Å². The number of esters is 1. The molecule has 0 aliphatic heterocycles. The maximum atomic E-state index is 11.5. The molecule has 1 amide bonds. The second-order valence-corrected chi connectivity index (χ2v) is 4.58. The van der Waals surface area contributed by atoms with Gasteiger partial charge in [-0.3, -0.25) is 4.79 Å². The number of nitrogens with zero attached hydrogens (tertiary/aromatic N) is 2. The first-order valence-corrected chi connectivity index (χ1v) is 6.76. The highest BCUT2D eigenvalue weighted by atomic mass is 35.5. The van der Waals surface area contributed by atoms with Crippen LogP contribution in [0.4, 0.5) is 10.5 Å². The fourth-order valence-electron chi connectivity index (χ4n) is 1.73. The number of carbonyl (C=O) groups is 2. The van der Waals surface area contributed by atoms with E-state index in [0.717, 1.165) is 5.01 Å². The average Bonchev–Trinajstić information content (AvgIpc) is 2.55. The Morgan fingerprint density at radius 3 is 2.27 bits per heavy atom. The molecule has 2 aromatic carbocycles. The van der Waals surface area contributed by atoms with Crippen LogP contribution >= 0.6 is 11.6 Å². The van der Waals surface area contributed by atoms with E-state index in [-0.39, 0.29) is 0 Å². The quantitative estimate of drug-likeness (QED) is 0.284. The van der Waals surface area contributed by atoms with Crippen LogP contribution in [0.15, 0.2) is 59.7 Å². The summed E-state index contributed by atoms with van der Waals surface area (Å²) in [6, 6.07) is 15.4. The third kappa shape index (κ3) is 3.93. The van der Waals surface area contributed by atoms with Crippen molar-refractivity contribution >= 4 is 34.8 Å². The van der Waals surface area contributed by atoms with Gasteiger partial charge in [0.2, 0.25) is 0 Å². The van der Waals surface area contributed by atoms with Gasteiger partial charge in [-0.1, -0.05) is 30.3 Å². The second kappa shape index (κ2) is 7.38. The molecule has 22 heavy (non-hydrogen) atoms. The summed E-state index contributed by atoms with van der Waals surface area (Å²) in [7, 11) is 1.32. The van der Waals surface area contributed by atoms with Gasteiger partial charge in [0.05, 0.1) is 24.6 Å². The lowest BCUT2D eigenvalue weighted by Gasteiger charge is -2.12. The van der Waals surface area contributed by atoms with Crippen LogP contribution < -0.4 is 5.01 Å². The maximum Gasteiger partial charge on any atom is 0.341 e. The SMILES string of the molecule is COC(=O)c1ccc(/C=N/N(C(=O)Cl)c2ccccc2)cc1. The summed E-state index contributed by atoms with van der Waals surface area (Å²) in [5, 5.41) is 4.43. The van der Waals surface area contributed by atoms with Gasteiger partial charge in [-0.25, -0.2) is 4.79 Å². The summed E-state index contributed by atoms with van der Waals surface area (Å²) in [4.78, 5) is 22.8. The first kappa shape index (κ1) is 15.7. The van der Waals surface area contributed by atoms with Crippen LogP contribution in [0.25, 0.3) is 0 Å². The van der Waals surface area contributed by atoms with Gasteiger partial charge in [0.15, 0.2) is 0 Å². The molecule has 112 valence electrons. The van der Waals surface area contributed by atoms with Gasteiger partial charge in [0.1, 0.15) is 0 Å². The van der Waals surface area contributed by atoms with E-state index in [1.165, 1.54) is 13.3 Å². The minimum atomic E-state index is -0.714. The van der Waals surface area contributed by atoms with Gasteiger partial charge in [-0.15, -0.1) is 0 Å². The lowest BCUT2D eigenvalue weighted by atomic mass is 10.1. The van der Waals surface area contributed by atoms with E-state index < -0.39 is 11.3 Å². The number of hydrogen-bond acceptors (Lipinski definition) is 4. The van der Waals surface area contributed by atoms with E-state index in [1.807, 2.05) is 6.07 Å². The highest BCUT2D eigenvalue weighted by Gasteiger charge is 2.11. The van der Waals surface area contributed by atoms with E-state index in [2.05, 4.69) is 9.84 Å². The Kier molecular flexibility index (Phi) is 5.27. The van der Waals surface area contributed by atoms with Crippen LogP contribution in [0, 0.1) is 0 Å². The Balaban J connectivity index is 2.18. The number of benzene rings is 2. The average molecular weight is 317 g/mol. The van der Waals surface area contributed by atoms with Gasteiger partial charge < -0.3 is 4.74 Å². The van der Waals surface area contributed by atoms with Gasteiger partial charge >= 0.3 is 11.3 Å². The first-order chi connectivity index (χ1) is 10.6. The molecule has 0 saturated heterocycles. The number of carbonyl (C=O) groups excluding carboxylic acids is 2. The van der Waals surface area contributed by atoms with Crippen molar-refractivity contribution in [3.05, 3.63) is 65.7 Å². The summed E-state index contributed by atoms with van der Waals surface area (Å²) in [5.41, 5.74) is 1.71. The Morgan fingerprint density at radius 1 is 1.09 bits per heavy atom. The van der Waals surface area contributed by atoms with E-state index in [4.69, 9.17) is 11.6 Å². The molecule has 0 saturated carbocycles. The molecule has 0 bridgehead atoms. The maximum absolute atomic E-state index is 11.5. The molecule has 0 atom stereocenters. The molecule has 2 rings (SSSR count). The Labute approximate surface area is 132 Å². The van der Waals surface area contributed by atoms with E-state index >= 15 is 0 Å². The number of hydrazone groups is 1. The molecule has 6 heteroatoms. The second-order valence-electron chi connectivity index (χ2n) is 4.26. The molecule has 0 aliphatic carbocycles. The van der Waals surface area contributed by atoms with Crippen LogP contribution in [0.2, 0.25) is 0 Å². The van der Waals surface area contributed by atoms with Crippen molar-refractivity contribution in [3.8, 4) is 0 Å². The summed E-state index contributed by atoms with van der Waals surface area (Å²) in [6.45, 7) is 0. The standard InChI is InChI=1S/C16H13ClN2O3/c1-22-15(20)13-9-7-12(8-10-13)11-18-19(16(17)21)14-5-3-2-4-6-14/h2-11H,1H3/b18-11+. The molecule has 0 aromatic heterocycles. The number of rotatable bonds is 4. The van der Waals surface area contributed by atoms with Crippen molar-refractivity contribution in [2.24, 2.45) is 5.10 Å². The molecule has 0 fully saturated rings. The molecule has 0 spiro atoms. The molecule has 0 heterocycles. The van der Waals surface area contributed by atoms with E-state index in [1.54, 1.807) is 48.5 Å². The molecule has 0 radical (unpaired) electrons. The third-order valence-electron chi connectivity index (χ3n) is 2.82. The molecular formula is C16H13ClN2O3. The monoisotopic (exact) mass is 316 g/mol. The fraction of sp³-hybridized carbons (Fsp3) is 0.0625. The summed E-state index contributed by atoms with van der Waals surface area (Å²) in [5.74, 6) is -0.412. The highest BCUT2D eigenvalue weighted by Crippen LogP contribution is 2.16. The molecule has 5 nitrogen and oxygen atoms in total. The third-order valence-corrected chi connectivity index (χ3v) is 2.98. The molecular weight excluding hydrogens is 304 g/mol. The number of para-hydroxylation sites is 1. The summed E-state index contributed by atoms with van der Waals surface area (Å²) >= 11 is 5.54. The molecule has 0 unspecified atom stereocenters. The van der Waals surface area contributed by atoms with Crippen molar-refractivity contribution in [2.75, 3.05) is 12.1 Å². The minimum absolute atomic E-state index is 0.412. The smallest absolute Gasteiger partial charge is 0.341 e. The van der Waals surface area contributed by atoms with Crippen molar-refractivity contribution in [2.45, 2.75) is 0 Å². The number of halogens is 1. The fourth-order valence-corrected chi connectivity index (χ4v) is 1.87. The summed E-state index contributed by atoms with van der Waals surface area (Å²) in [6.07, 6.45) is 1.48. The normalized spacial score (nSPS) is 10.5. The van der Waals surface area contributed by atoms with Gasteiger partial charge in [-0.05, 0) is 41.4 Å². The number of methoxy groups -OCH3 is 1. The number of anilines is 1. The Hall–Kier alpha value is -2.66. The largest absolute Gasteiger partial charge is 0.465 e. The van der Waals surface area contributed by atoms with Gasteiger partial charge in [0.25, 0.3) is 0 Å². The van der Waals surface area contributed by atoms with Crippen LogP contribution in [-0.2, 0) is 4.74 Å². The van der Waals surface area contributed by atoms with Crippen LogP contribution in [0.1, 0.15) is 15.9 Å². The Morgan fingerprint density at radius 2 is 1.73 bits per heavy atom. The molecule has 0 N–H and O–H groups in total. The van der Waals surface area contributed by atoms with Crippen LogP contribution in [-0.4, -0.2) is 24.7 Å². The summed E-state index contributed by atoms with van der Waals surface area (Å²) < 4.78 is 4.62. The lowest BCUT2D eigenvalue weighted by molar-refractivity contribution is 0.0600. The topological polar surface area (TPSA) is 59.0 Å².